The summed E-state index contributed by atoms with van der Waals surface area (Å²) in [5.41, 5.74) is -0.639. The molecule has 1 atom stereocenters. The van der Waals surface area contributed by atoms with E-state index in [-0.39, 0.29) is 23.9 Å². The standard InChI is InChI=1S/C31H31BrF3N3O4/c1-18(2)13-14-37(29(39)20-9-8-10-21(15-20)31(33,34)35)19(3)28-36-24-12-7-6-11-23(24)30(40)38(28)25-16-22(41-4)17-26(42-5)27(25)32/h6-12,15-19H,13-14H2,1-5H3. The third-order valence-corrected chi connectivity index (χ3v) is 7.77. The molecule has 4 rings (SSSR count). The molecule has 7 nitrogen and oxygen atoms in total. The maximum absolute atomic E-state index is 14.1. The zero-order valence-corrected chi connectivity index (χ0v) is 25.4. The van der Waals surface area contributed by atoms with Crippen molar-refractivity contribution in [3.63, 3.8) is 0 Å². The molecule has 222 valence electrons. The van der Waals surface area contributed by atoms with Crippen LogP contribution in [-0.2, 0) is 6.18 Å². The lowest BCUT2D eigenvalue weighted by atomic mass is 10.1. The van der Waals surface area contributed by atoms with Crippen molar-refractivity contribution < 1.29 is 27.4 Å². The Hall–Kier alpha value is -3.86. The molecule has 0 bridgehead atoms. The first-order chi connectivity index (χ1) is 19.9. The first kappa shape index (κ1) is 31.1. The van der Waals surface area contributed by atoms with Gasteiger partial charge in [-0.1, -0.05) is 32.0 Å². The normalized spacial score (nSPS) is 12.4. The van der Waals surface area contributed by atoms with Gasteiger partial charge in [-0.25, -0.2) is 4.98 Å². The Morgan fingerprint density at radius 2 is 1.74 bits per heavy atom. The molecule has 0 aliphatic carbocycles. The first-order valence-corrected chi connectivity index (χ1v) is 14.1. The number of aromatic nitrogens is 2. The summed E-state index contributed by atoms with van der Waals surface area (Å²) in [6, 6.07) is 13.7. The van der Waals surface area contributed by atoms with E-state index in [9.17, 15) is 22.8 Å². The molecule has 0 N–H and O–H groups in total. The van der Waals surface area contributed by atoms with Crippen molar-refractivity contribution in [3.05, 3.63) is 92.4 Å². The number of methoxy groups -OCH3 is 2. The summed E-state index contributed by atoms with van der Waals surface area (Å²) in [5.74, 6) is 0.627. The van der Waals surface area contributed by atoms with Gasteiger partial charge in [-0.2, -0.15) is 13.2 Å². The van der Waals surface area contributed by atoms with Crippen molar-refractivity contribution in [2.24, 2.45) is 5.92 Å². The van der Waals surface area contributed by atoms with Crippen LogP contribution in [0, 0.1) is 5.92 Å². The third-order valence-electron chi connectivity index (χ3n) is 6.98. The second-order valence-corrected chi connectivity index (χ2v) is 11.0. The van der Waals surface area contributed by atoms with Gasteiger partial charge < -0.3 is 14.4 Å². The number of hydrogen-bond donors (Lipinski definition) is 0. The number of halogens is 4. The fourth-order valence-corrected chi connectivity index (χ4v) is 5.22. The maximum atomic E-state index is 14.1. The van der Waals surface area contributed by atoms with Crippen molar-refractivity contribution in [1.29, 1.82) is 0 Å². The largest absolute Gasteiger partial charge is 0.497 e. The van der Waals surface area contributed by atoms with E-state index in [4.69, 9.17) is 14.5 Å². The Bertz CT molecular complexity index is 1670. The second-order valence-electron chi connectivity index (χ2n) is 10.2. The lowest BCUT2D eigenvalue weighted by molar-refractivity contribution is -0.137. The summed E-state index contributed by atoms with van der Waals surface area (Å²) in [6.45, 7) is 5.91. The summed E-state index contributed by atoms with van der Waals surface area (Å²) >= 11 is 3.55. The molecular formula is C31H31BrF3N3O4. The number of fused-ring (bicyclic) bond motifs is 1. The van der Waals surface area contributed by atoms with Gasteiger partial charge in [0.25, 0.3) is 11.5 Å². The number of amides is 1. The fraction of sp³-hybridized carbons (Fsp3) is 0.323. The Morgan fingerprint density at radius 3 is 2.38 bits per heavy atom. The van der Waals surface area contributed by atoms with Gasteiger partial charge in [0.15, 0.2) is 0 Å². The Morgan fingerprint density at radius 1 is 1.02 bits per heavy atom. The number of benzene rings is 3. The van der Waals surface area contributed by atoms with Crippen LogP contribution in [0.25, 0.3) is 16.6 Å². The van der Waals surface area contributed by atoms with E-state index < -0.39 is 29.2 Å². The first-order valence-electron chi connectivity index (χ1n) is 13.3. The van der Waals surface area contributed by atoms with Crippen molar-refractivity contribution in [3.8, 4) is 17.2 Å². The highest BCUT2D eigenvalue weighted by molar-refractivity contribution is 9.10. The van der Waals surface area contributed by atoms with Gasteiger partial charge in [-0.3, -0.25) is 14.2 Å². The van der Waals surface area contributed by atoms with E-state index in [0.717, 1.165) is 12.1 Å². The molecule has 1 aromatic heterocycles. The van der Waals surface area contributed by atoms with Crippen LogP contribution in [0.4, 0.5) is 13.2 Å². The third kappa shape index (κ3) is 6.30. The minimum atomic E-state index is -4.61. The predicted molar refractivity (Wildman–Crippen MR) is 158 cm³/mol. The van der Waals surface area contributed by atoms with Gasteiger partial charge in [0.05, 0.1) is 46.9 Å². The Balaban J connectivity index is 1.97. The molecule has 11 heteroatoms. The van der Waals surface area contributed by atoms with E-state index in [1.165, 1.54) is 35.8 Å². The monoisotopic (exact) mass is 645 g/mol. The number of carbonyl (C=O) groups is 1. The number of para-hydroxylation sites is 1. The van der Waals surface area contributed by atoms with Gasteiger partial charge in [-0.15, -0.1) is 0 Å². The van der Waals surface area contributed by atoms with E-state index in [0.29, 0.717) is 39.0 Å². The summed E-state index contributed by atoms with van der Waals surface area (Å²) in [6.07, 6.45) is -4.04. The molecule has 0 aliphatic heterocycles. The van der Waals surface area contributed by atoms with Crippen LogP contribution in [0.5, 0.6) is 11.5 Å². The topological polar surface area (TPSA) is 73.7 Å². The molecular weight excluding hydrogens is 615 g/mol. The molecule has 1 unspecified atom stereocenters. The summed E-state index contributed by atoms with van der Waals surface area (Å²) in [5, 5.41) is 0.347. The number of rotatable bonds is 9. The minimum Gasteiger partial charge on any atom is -0.497 e. The zero-order chi connectivity index (χ0) is 30.8. The van der Waals surface area contributed by atoms with Crippen LogP contribution in [0.1, 0.15) is 55.0 Å². The minimum absolute atomic E-state index is 0.112. The average molecular weight is 647 g/mol. The summed E-state index contributed by atoms with van der Waals surface area (Å²) in [4.78, 5) is 34.3. The Kier molecular flexibility index (Phi) is 9.30. The number of ether oxygens (including phenoxy) is 2. The Labute approximate surface area is 250 Å². The van der Waals surface area contributed by atoms with Crippen LogP contribution in [0.15, 0.2) is 69.9 Å². The van der Waals surface area contributed by atoms with Gasteiger partial charge in [0, 0.05) is 24.2 Å². The van der Waals surface area contributed by atoms with Gasteiger partial charge >= 0.3 is 6.18 Å². The van der Waals surface area contributed by atoms with Crippen LogP contribution >= 0.6 is 15.9 Å². The average Bonchev–Trinajstić information content (AvgIpc) is 2.97. The summed E-state index contributed by atoms with van der Waals surface area (Å²) < 4.78 is 53.3. The number of carbonyl (C=O) groups excluding carboxylic acids is 1. The van der Waals surface area contributed by atoms with Gasteiger partial charge in [0.2, 0.25) is 0 Å². The molecule has 1 amide bonds. The van der Waals surface area contributed by atoms with E-state index in [1.807, 2.05) is 13.8 Å². The van der Waals surface area contributed by atoms with Crippen molar-refractivity contribution in [1.82, 2.24) is 14.5 Å². The van der Waals surface area contributed by atoms with E-state index in [2.05, 4.69) is 15.9 Å². The van der Waals surface area contributed by atoms with Crippen molar-refractivity contribution >= 4 is 32.7 Å². The lowest BCUT2D eigenvalue weighted by Gasteiger charge is -2.31. The van der Waals surface area contributed by atoms with Crippen LogP contribution < -0.4 is 15.0 Å². The van der Waals surface area contributed by atoms with Crippen LogP contribution in [0.2, 0.25) is 0 Å². The highest BCUT2D eigenvalue weighted by Gasteiger charge is 2.33. The highest BCUT2D eigenvalue weighted by Crippen LogP contribution is 2.37. The molecule has 1 heterocycles. The SMILES string of the molecule is COc1cc(OC)c(Br)c(-n2c(C(C)N(CCC(C)C)C(=O)c3cccc(C(F)(F)F)c3)nc3ccccc3c2=O)c1. The zero-order valence-electron chi connectivity index (χ0n) is 23.8. The second kappa shape index (κ2) is 12.6. The number of nitrogens with zero attached hydrogens (tertiary/aromatic N) is 3. The molecule has 0 saturated heterocycles. The molecule has 0 saturated carbocycles. The number of alkyl halides is 3. The molecule has 0 spiro atoms. The smallest absolute Gasteiger partial charge is 0.416 e. The molecule has 4 aromatic rings. The fourth-order valence-electron chi connectivity index (χ4n) is 4.65. The van der Waals surface area contributed by atoms with E-state index >= 15 is 0 Å². The molecule has 0 radical (unpaired) electrons. The maximum Gasteiger partial charge on any atom is 0.416 e. The number of hydrogen-bond acceptors (Lipinski definition) is 5. The highest BCUT2D eigenvalue weighted by atomic mass is 79.9. The van der Waals surface area contributed by atoms with Crippen LogP contribution in [0.3, 0.4) is 0 Å². The molecule has 0 aliphatic rings. The summed E-state index contributed by atoms with van der Waals surface area (Å²) in [7, 11) is 2.97. The molecule has 3 aromatic carbocycles. The van der Waals surface area contributed by atoms with Gasteiger partial charge in [0.1, 0.15) is 17.3 Å². The van der Waals surface area contributed by atoms with Crippen LogP contribution in [-0.4, -0.2) is 41.1 Å². The van der Waals surface area contributed by atoms with Crippen molar-refractivity contribution in [2.75, 3.05) is 20.8 Å². The lowest BCUT2D eigenvalue weighted by Crippen LogP contribution is -2.38. The molecule has 0 fully saturated rings. The quantitative estimate of drug-likeness (QED) is 0.189. The van der Waals surface area contributed by atoms with Crippen molar-refractivity contribution in [2.45, 2.75) is 39.4 Å². The van der Waals surface area contributed by atoms with Gasteiger partial charge in [-0.05, 0) is 65.5 Å². The molecule has 42 heavy (non-hydrogen) atoms. The van der Waals surface area contributed by atoms with E-state index in [1.54, 1.807) is 43.3 Å². The predicted octanol–water partition coefficient (Wildman–Crippen LogP) is 7.43.